The topological polar surface area (TPSA) is 49.6 Å². The van der Waals surface area contributed by atoms with Gasteiger partial charge in [0.05, 0.1) is 6.54 Å². The van der Waals surface area contributed by atoms with Gasteiger partial charge in [-0.2, -0.15) is 0 Å². The zero-order valence-electron chi connectivity index (χ0n) is 9.32. The average molecular weight is 211 g/mol. The number of nitrogens with two attached hydrogens (primary N) is 1. The first kappa shape index (κ1) is 10.9. The van der Waals surface area contributed by atoms with E-state index in [1.165, 1.54) is 25.7 Å². The number of carbonyl (C=O) groups is 1. The fraction of sp³-hybridized carbons (Fsp3) is 0.909. The highest BCUT2D eigenvalue weighted by atomic mass is 16.2. The molecule has 2 rings (SSSR count). The fourth-order valence-corrected chi connectivity index (χ4v) is 2.73. The molecule has 15 heavy (non-hydrogen) atoms. The van der Waals surface area contributed by atoms with Crippen LogP contribution in [0.25, 0.3) is 0 Å². The van der Waals surface area contributed by atoms with Gasteiger partial charge in [0, 0.05) is 32.2 Å². The second-order valence-corrected chi connectivity index (χ2v) is 4.56. The molecule has 0 aromatic heterocycles. The van der Waals surface area contributed by atoms with Crippen molar-refractivity contribution in [1.82, 2.24) is 9.80 Å². The van der Waals surface area contributed by atoms with Crippen molar-refractivity contribution in [2.75, 3.05) is 32.7 Å². The Kier molecular flexibility index (Phi) is 3.59. The van der Waals surface area contributed by atoms with Crippen LogP contribution in [0, 0.1) is 0 Å². The SMILES string of the molecule is NCC(=O)N1CCN(C2CCCC2)CC1. The van der Waals surface area contributed by atoms with E-state index in [-0.39, 0.29) is 12.5 Å². The summed E-state index contributed by atoms with van der Waals surface area (Å²) >= 11 is 0. The Labute approximate surface area is 91.4 Å². The van der Waals surface area contributed by atoms with Gasteiger partial charge in [0.2, 0.25) is 5.91 Å². The number of hydrogen-bond acceptors (Lipinski definition) is 3. The molecule has 0 radical (unpaired) electrons. The van der Waals surface area contributed by atoms with Gasteiger partial charge in [0.15, 0.2) is 0 Å². The highest BCUT2D eigenvalue weighted by Crippen LogP contribution is 2.24. The van der Waals surface area contributed by atoms with Gasteiger partial charge in [-0.05, 0) is 12.8 Å². The number of piperazine rings is 1. The number of hydrogen-bond donors (Lipinski definition) is 1. The summed E-state index contributed by atoms with van der Waals surface area (Å²) in [5.74, 6) is 0.0982. The first-order valence-electron chi connectivity index (χ1n) is 6.03. The quantitative estimate of drug-likeness (QED) is 0.701. The van der Waals surface area contributed by atoms with Crippen molar-refractivity contribution >= 4 is 5.91 Å². The molecule has 2 fully saturated rings. The average Bonchev–Trinajstić information content (AvgIpc) is 2.82. The molecule has 0 unspecified atom stereocenters. The first-order valence-corrected chi connectivity index (χ1v) is 6.03. The zero-order chi connectivity index (χ0) is 10.7. The minimum absolute atomic E-state index is 0.0982. The van der Waals surface area contributed by atoms with Crippen molar-refractivity contribution in [3.8, 4) is 0 Å². The molecule has 0 bridgehead atoms. The van der Waals surface area contributed by atoms with E-state index in [0.29, 0.717) is 0 Å². The third-order valence-electron chi connectivity index (χ3n) is 3.68. The highest BCUT2D eigenvalue weighted by Gasteiger charge is 2.27. The predicted molar refractivity (Wildman–Crippen MR) is 59.5 cm³/mol. The van der Waals surface area contributed by atoms with Gasteiger partial charge in [-0.3, -0.25) is 9.69 Å². The lowest BCUT2D eigenvalue weighted by Crippen LogP contribution is -2.52. The summed E-state index contributed by atoms with van der Waals surface area (Å²) in [4.78, 5) is 15.8. The van der Waals surface area contributed by atoms with E-state index < -0.39 is 0 Å². The van der Waals surface area contributed by atoms with Crippen LogP contribution >= 0.6 is 0 Å². The van der Waals surface area contributed by atoms with Crippen LogP contribution in [0.15, 0.2) is 0 Å². The summed E-state index contributed by atoms with van der Waals surface area (Å²) in [6.07, 6.45) is 5.47. The van der Waals surface area contributed by atoms with Gasteiger partial charge in [-0.15, -0.1) is 0 Å². The maximum absolute atomic E-state index is 11.4. The molecule has 1 saturated heterocycles. The molecule has 1 saturated carbocycles. The van der Waals surface area contributed by atoms with E-state index in [0.717, 1.165) is 32.2 Å². The summed E-state index contributed by atoms with van der Waals surface area (Å²) in [7, 11) is 0. The van der Waals surface area contributed by atoms with Gasteiger partial charge in [-0.25, -0.2) is 0 Å². The van der Waals surface area contributed by atoms with Crippen molar-refractivity contribution in [3.63, 3.8) is 0 Å². The molecule has 1 aliphatic heterocycles. The molecule has 1 amide bonds. The lowest BCUT2D eigenvalue weighted by atomic mass is 10.2. The lowest BCUT2D eigenvalue weighted by Gasteiger charge is -2.37. The van der Waals surface area contributed by atoms with E-state index in [1.807, 2.05) is 4.90 Å². The van der Waals surface area contributed by atoms with Crippen LogP contribution in [-0.2, 0) is 4.79 Å². The predicted octanol–water partition coefficient (Wildman–Crippen LogP) is 0.0319. The Balaban J connectivity index is 1.78. The molecule has 2 N–H and O–H groups in total. The van der Waals surface area contributed by atoms with Gasteiger partial charge in [0.1, 0.15) is 0 Å². The Morgan fingerprint density at radius 1 is 1.13 bits per heavy atom. The van der Waals surface area contributed by atoms with Crippen LogP contribution in [0.5, 0.6) is 0 Å². The van der Waals surface area contributed by atoms with Crippen molar-refractivity contribution in [3.05, 3.63) is 0 Å². The lowest BCUT2D eigenvalue weighted by molar-refractivity contribution is -0.131. The van der Waals surface area contributed by atoms with E-state index in [4.69, 9.17) is 5.73 Å². The van der Waals surface area contributed by atoms with Crippen molar-refractivity contribution in [2.24, 2.45) is 5.73 Å². The number of rotatable bonds is 2. The van der Waals surface area contributed by atoms with Crippen LogP contribution in [-0.4, -0.2) is 54.5 Å². The summed E-state index contributed by atoms with van der Waals surface area (Å²) in [6.45, 7) is 3.97. The van der Waals surface area contributed by atoms with Crippen LogP contribution < -0.4 is 5.73 Å². The summed E-state index contributed by atoms with van der Waals surface area (Å²) in [5.41, 5.74) is 5.35. The van der Waals surface area contributed by atoms with Crippen LogP contribution in [0.1, 0.15) is 25.7 Å². The monoisotopic (exact) mass is 211 g/mol. The molecule has 4 heteroatoms. The second-order valence-electron chi connectivity index (χ2n) is 4.56. The standard InChI is InChI=1S/C11H21N3O/c12-9-11(15)14-7-5-13(6-8-14)10-3-1-2-4-10/h10H,1-9,12H2. The number of nitrogens with zero attached hydrogens (tertiary/aromatic N) is 2. The highest BCUT2D eigenvalue weighted by molar-refractivity contribution is 5.78. The van der Waals surface area contributed by atoms with Crippen LogP contribution in [0.2, 0.25) is 0 Å². The first-order chi connectivity index (χ1) is 7.31. The minimum Gasteiger partial charge on any atom is -0.339 e. The van der Waals surface area contributed by atoms with E-state index in [2.05, 4.69) is 4.90 Å². The molecule has 0 aromatic carbocycles. The van der Waals surface area contributed by atoms with E-state index >= 15 is 0 Å². The van der Waals surface area contributed by atoms with Gasteiger partial charge in [0.25, 0.3) is 0 Å². The van der Waals surface area contributed by atoms with Crippen molar-refractivity contribution in [2.45, 2.75) is 31.7 Å². The Bertz CT molecular complexity index is 218. The molecule has 0 atom stereocenters. The maximum Gasteiger partial charge on any atom is 0.236 e. The van der Waals surface area contributed by atoms with Crippen molar-refractivity contribution < 1.29 is 4.79 Å². The summed E-state index contributed by atoms with van der Waals surface area (Å²) in [5, 5.41) is 0. The summed E-state index contributed by atoms with van der Waals surface area (Å²) in [6, 6.07) is 0.792. The number of carbonyl (C=O) groups excluding carboxylic acids is 1. The fourth-order valence-electron chi connectivity index (χ4n) is 2.73. The molecule has 1 aliphatic carbocycles. The van der Waals surface area contributed by atoms with Gasteiger partial charge in [-0.1, -0.05) is 12.8 Å². The van der Waals surface area contributed by atoms with Crippen LogP contribution in [0.3, 0.4) is 0 Å². The Hall–Kier alpha value is -0.610. The summed E-state index contributed by atoms with van der Waals surface area (Å²) < 4.78 is 0. The zero-order valence-corrected chi connectivity index (χ0v) is 9.32. The number of amides is 1. The third kappa shape index (κ3) is 2.49. The van der Waals surface area contributed by atoms with E-state index in [1.54, 1.807) is 0 Å². The minimum atomic E-state index is 0.0982. The molecule has 4 nitrogen and oxygen atoms in total. The van der Waals surface area contributed by atoms with E-state index in [9.17, 15) is 4.79 Å². The molecule has 1 heterocycles. The molecule has 86 valence electrons. The van der Waals surface area contributed by atoms with Gasteiger partial charge < -0.3 is 10.6 Å². The maximum atomic E-state index is 11.4. The Morgan fingerprint density at radius 2 is 1.73 bits per heavy atom. The largest absolute Gasteiger partial charge is 0.339 e. The second kappa shape index (κ2) is 4.94. The molecular weight excluding hydrogens is 190 g/mol. The molecule has 2 aliphatic rings. The smallest absolute Gasteiger partial charge is 0.236 e. The van der Waals surface area contributed by atoms with Crippen molar-refractivity contribution in [1.29, 1.82) is 0 Å². The van der Waals surface area contributed by atoms with Gasteiger partial charge >= 0.3 is 0 Å². The Morgan fingerprint density at radius 3 is 2.27 bits per heavy atom. The van der Waals surface area contributed by atoms with Crippen LogP contribution in [0.4, 0.5) is 0 Å². The molecule has 0 aromatic rings. The molecule has 0 spiro atoms. The third-order valence-corrected chi connectivity index (χ3v) is 3.68. The normalized spacial score (nSPS) is 24.7. The molecular formula is C11H21N3O.